The number of amides is 1. The quantitative estimate of drug-likeness (QED) is 0.624. The maximum absolute atomic E-state index is 11.8. The Bertz CT molecular complexity index is 904. The summed E-state index contributed by atoms with van der Waals surface area (Å²) < 4.78 is 9.45. The number of carboxylic acids is 1. The highest BCUT2D eigenvalue weighted by atomic mass is 35.5. The zero-order valence-electron chi connectivity index (χ0n) is 14.7. The Kier molecular flexibility index (Phi) is 6.79. The number of rotatable bonds is 5. The van der Waals surface area contributed by atoms with Crippen LogP contribution in [0.1, 0.15) is 26.3 Å². The summed E-state index contributed by atoms with van der Waals surface area (Å²) in [5.41, 5.74) is 0.0464. The van der Waals surface area contributed by atoms with E-state index in [-0.39, 0.29) is 23.0 Å². The molecule has 0 saturated carbocycles. The number of aliphatic carboxylic acids is 1. The van der Waals surface area contributed by atoms with Crippen LogP contribution in [0.3, 0.4) is 0 Å². The third kappa shape index (κ3) is 6.49. The van der Waals surface area contributed by atoms with E-state index in [9.17, 15) is 19.8 Å². The zero-order valence-corrected chi connectivity index (χ0v) is 17.1. The van der Waals surface area contributed by atoms with Crippen molar-refractivity contribution in [1.29, 1.82) is 0 Å². The number of nitrogens with one attached hydrogen (secondary N) is 1. The molecule has 0 aliphatic rings. The van der Waals surface area contributed by atoms with Gasteiger partial charge >= 0.3 is 12.1 Å². The smallest absolute Gasteiger partial charge is 0.408 e. The van der Waals surface area contributed by atoms with Gasteiger partial charge in [0.15, 0.2) is 9.82 Å². The van der Waals surface area contributed by atoms with E-state index in [2.05, 4.69) is 14.7 Å². The number of alkyl carbamates (subject to hydrolysis) is 1. The van der Waals surface area contributed by atoms with Crippen molar-refractivity contribution >= 4 is 50.2 Å². The van der Waals surface area contributed by atoms with Crippen molar-refractivity contribution in [2.75, 3.05) is 0 Å². The summed E-state index contributed by atoms with van der Waals surface area (Å²) in [7, 11) is 2.45. The SMILES string of the molecule is CC(C)(C)OC(=O)N[C@@H](Cc1ccc(/N=c2\ssnc2Cl)c(O)c1)C(=O)O. The van der Waals surface area contributed by atoms with E-state index in [0.717, 1.165) is 0 Å². The minimum atomic E-state index is -1.22. The number of carboxylic acid groups (broad SMARTS) is 1. The Morgan fingerprint density at radius 2 is 2.11 bits per heavy atom. The number of aromatic hydroxyl groups is 1. The number of aromatic nitrogens is 1. The molecule has 3 N–H and O–H groups in total. The van der Waals surface area contributed by atoms with Crippen LogP contribution >= 0.6 is 32.5 Å². The van der Waals surface area contributed by atoms with Crippen LogP contribution < -0.4 is 9.99 Å². The Morgan fingerprint density at radius 1 is 1.41 bits per heavy atom. The van der Waals surface area contributed by atoms with E-state index >= 15 is 0 Å². The molecule has 1 amide bonds. The molecule has 0 aliphatic heterocycles. The molecule has 8 nitrogen and oxygen atoms in total. The monoisotopic (exact) mass is 431 g/mol. The van der Waals surface area contributed by atoms with Crippen molar-refractivity contribution in [3.05, 3.63) is 33.6 Å². The van der Waals surface area contributed by atoms with E-state index in [1.54, 1.807) is 26.8 Å². The fraction of sp³-hybridized carbons (Fsp3) is 0.375. The molecule has 0 unspecified atom stereocenters. The molecule has 0 bridgehead atoms. The van der Waals surface area contributed by atoms with Crippen molar-refractivity contribution in [3.63, 3.8) is 0 Å². The highest BCUT2D eigenvalue weighted by molar-refractivity contribution is 7.66. The fourth-order valence-electron chi connectivity index (χ4n) is 2.01. The number of carbonyl (C=O) groups excluding carboxylic acids is 1. The second-order valence-corrected chi connectivity index (χ2v) is 8.71. The number of halogens is 1. The van der Waals surface area contributed by atoms with Crippen molar-refractivity contribution < 1.29 is 24.5 Å². The molecule has 11 heteroatoms. The maximum Gasteiger partial charge on any atom is 0.408 e. The molecule has 0 aliphatic carbocycles. The molecule has 1 heterocycles. The number of carbonyl (C=O) groups is 2. The molecule has 0 radical (unpaired) electrons. The molecule has 0 spiro atoms. The van der Waals surface area contributed by atoms with E-state index in [1.165, 1.54) is 33.0 Å². The van der Waals surface area contributed by atoms with Gasteiger partial charge in [-0.3, -0.25) is 0 Å². The van der Waals surface area contributed by atoms with Gasteiger partial charge in [-0.15, -0.1) is 0 Å². The average Bonchev–Trinajstić information content (AvgIpc) is 2.92. The molecule has 1 aromatic carbocycles. The van der Waals surface area contributed by atoms with Gasteiger partial charge < -0.3 is 20.3 Å². The zero-order chi connectivity index (χ0) is 20.2. The minimum Gasteiger partial charge on any atom is -0.506 e. The van der Waals surface area contributed by atoms with Crippen molar-refractivity contribution in [2.45, 2.75) is 38.8 Å². The summed E-state index contributed by atoms with van der Waals surface area (Å²) in [6.07, 6.45) is -0.863. The third-order valence-corrected chi connectivity index (χ3v) is 5.27. The van der Waals surface area contributed by atoms with Gasteiger partial charge in [0.2, 0.25) is 0 Å². The lowest BCUT2D eigenvalue weighted by Crippen LogP contribution is -2.44. The van der Waals surface area contributed by atoms with Gasteiger partial charge in [-0.05, 0) is 48.8 Å². The third-order valence-electron chi connectivity index (χ3n) is 3.10. The summed E-state index contributed by atoms with van der Waals surface area (Å²) >= 11 is 5.89. The average molecular weight is 432 g/mol. The second-order valence-electron chi connectivity index (χ2n) is 6.52. The van der Waals surface area contributed by atoms with Gasteiger partial charge in [0, 0.05) is 17.0 Å². The van der Waals surface area contributed by atoms with E-state index in [0.29, 0.717) is 10.2 Å². The fourth-order valence-corrected chi connectivity index (χ4v) is 4.00. The second kappa shape index (κ2) is 8.68. The molecule has 146 valence electrons. The number of phenolic OH excluding ortho intramolecular Hbond substituents is 1. The van der Waals surface area contributed by atoms with E-state index in [1.807, 2.05) is 0 Å². The lowest BCUT2D eigenvalue weighted by Gasteiger charge is -2.22. The lowest BCUT2D eigenvalue weighted by atomic mass is 10.1. The number of phenols is 1. The molecule has 0 saturated heterocycles. The predicted molar refractivity (Wildman–Crippen MR) is 103 cm³/mol. The van der Waals surface area contributed by atoms with Crippen LogP contribution in [-0.4, -0.2) is 38.3 Å². The normalized spacial score (nSPS) is 13.3. The standard InChI is InChI=1S/C16H18ClN3O5S2/c1-16(2,3)25-15(24)19-10(14(22)23)6-8-4-5-9(11(21)7-8)18-13-12(17)20-27-26-13/h4-5,7,10,21H,6H2,1-3H3,(H,19,24)(H,22,23)/b18-13-/t10-/m0/s1. The summed E-state index contributed by atoms with van der Waals surface area (Å²) in [4.78, 5) is 27.5. The highest BCUT2D eigenvalue weighted by Gasteiger charge is 2.24. The first-order valence-corrected chi connectivity index (χ1v) is 10.2. The number of nitrogens with zero attached hydrogens (tertiary/aromatic N) is 2. The van der Waals surface area contributed by atoms with Gasteiger partial charge in [-0.2, -0.15) is 4.37 Å². The van der Waals surface area contributed by atoms with Crippen LogP contribution in [-0.2, 0) is 16.0 Å². The largest absolute Gasteiger partial charge is 0.506 e. The number of hydrogen-bond acceptors (Lipinski definition) is 8. The van der Waals surface area contributed by atoms with Crippen LogP contribution in [0.5, 0.6) is 5.75 Å². The molecule has 0 fully saturated rings. The summed E-state index contributed by atoms with van der Waals surface area (Å²) in [5.74, 6) is -1.35. The van der Waals surface area contributed by atoms with Gasteiger partial charge in [0.05, 0.1) is 0 Å². The van der Waals surface area contributed by atoms with Crippen molar-refractivity contribution in [2.24, 2.45) is 4.99 Å². The first kappa shape index (κ1) is 21.1. The molecular formula is C16H18ClN3O5S2. The molecular weight excluding hydrogens is 414 g/mol. The number of ether oxygens (including phenoxy) is 1. The maximum atomic E-state index is 11.8. The van der Waals surface area contributed by atoms with Gasteiger partial charge in [0.1, 0.15) is 23.1 Å². The molecule has 2 rings (SSSR count). The van der Waals surface area contributed by atoms with Gasteiger partial charge in [-0.1, -0.05) is 17.7 Å². The van der Waals surface area contributed by atoms with Crippen LogP contribution in [0.15, 0.2) is 23.2 Å². The van der Waals surface area contributed by atoms with Gasteiger partial charge in [-0.25, -0.2) is 14.6 Å². The van der Waals surface area contributed by atoms with E-state index < -0.39 is 23.7 Å². The van der Waals surface area contributed by atoms with E-state index in [4.69, 9.17) is 16.3 Å². The predicted octanol–water partition coefficient (Wildman–Crippen LogP) is 3.32. The van der Waals surface area contributed by atoms with Gasteiger partial charge in [0.25, 0.3) is 0 Å². The summed E-state index contributed by atoms with van der Waals surface area (Å²) in [5, 5.41) is 22.1. The molecule has 1 atom stereocenters. The van der Waals surface area contributed by atoms with Crippen LogP contribution in [0, 0.1) is 0 Å². The Hall–Kier alpha value is -2.17. The first-order valence-electron chi connectivity index (χ1n) is 7.75. The Morgan fingerprint density at radius 3 is 2.63 bits per heavy atom. The number of benzene rings is 1. The van der Waals surface area contributed by atoms with Crippen LogP contribution in [0.25, 0.3) is 0 Å². The molecule has 27 heavy (non-hydrogen) atoms. The highest BCUT2D eigenvalue weighted by Crippen LogP contribution is 2.28. The minimum absolute atomic E-state index is 0.0359. The first-order chi connectivity index (χ1) is 12.5. The van der Waals surface area contributed by atoms with Crippen LogP contribution in [0.2, 0.25) is 5.15 Å². The topological polar surface area (TPSA) is 121 Å². The number of hydrogen-bond donors (Lipinski definition) is 3. The molecule has 1 aromatic heterocycles. The Balaban J connectivity index is 2.15. The lowest BCUT2D eigenvalue weighted by molar-refractivity contribution is -0.139. The van der Waals surface area contributed by atoms with Crippen molar-refractivity contribution in [1.82, 2.24) is 9.69 Å². The van der Waals surface area contributed by atoms with Crippen LogP contribution in [0.4, 0.5) is 10.5 Å². The van der Waals surface area contributed by atoms with Crippen molar-refractivity contribution in [3.8, 4) is 5.75 Å². The summed E-state index contributed by atoms with van der Waals surface area (Å²) in [6.45, 7) is 5.04. The Labute approximate surface area is 167 Å². The summed E-state index contributed by atoms with van der Waals surface area (Å²) in [6, 6.07) is 3.34. The molecule has 2 aromatic rings.